The molecule has 0 aliphatic heterocycles. The van der Waals surface area contributed by atoms with E-state index in [1.54, 1.807) is 11.3 Å². The Labute approximate surface area is 165 Å². The third-order valence-electron chi connectivity index (χ3n) is 5.01. The summed E-state index contributed by atoms with van der Waals surface area (Å²) < 4.78 is 6.89. The lowest BCUT2D eigenvalue weighted by Crippen LogP contribution is -2.43. The highest BCUT2D eigenvalue weighted by atomic mass is 32.1. The first-order chi connectivity index (χ1) is 13.2. The molecule has 3 rings (SSSR count). The largest absolute Gasteiger partial charge is 0.460 e. The molecule has 0 saturated carbocycles. The van der Waals surface area contributed by atoms with E-state index in [0.29, 0.717) is 6.61 Å². The van der Waals surface area contributed by atoms with E-state index >= 15 is 0 Å². The highest BCUT2D eigenvalue weighted by Crippen LogP contribution is 2.25. The number of rotatable bonds is 9. The number of benzene rings is 2. The molecule has 0 saturated heterocycles. The molecule has 3 aromatic rings. The second kappa shape index (κ2) is 9.67. The first-order valence-corrected chi connectivity index (χ1v) is 10.5. The topological polar surface area (TPSA) is 38.3 Å². The molecule has 0 aliphatic rings. The van der Waals surface area contributed by atoms with Crippen molar-refractivity contribution in [3.8, 4) is 0 Å². The van der Waals surface area contributed by atoms with Crippen LogP contribution in [0.25, 0.3) is 10.1 Å². The fourth-order valence-corrected chi connectivity index (χ4v) is 4.16. The molecule has 1 N–H and O–H groups in total. The number of hydrogen-bond acceptors (Lipinski definition) is 4. The standard InChI is InChI=1S/C23H27NO2S/c1-3-17(2)22(23(25)26-15-18-9-5-4-6-10-18)24-14-13-19-16-27-21-12-8-7-11-20(19)21/h4-12,16-17,22,24H,3,13-15H2,1-2H3/t17-,22-/m0/s1. The van der Waals surface area contributed by atoms with Crippen molar-refractivity contribution in [2.24, 2.45) is 5.92 Å². The smallest absolute Gasteiger partial charge is 0.323 e. The summed E-state index contributed by atoms with van der Waals surface area (Å²) in [5.74, 6) is 0.0656. The lowest BCUT2D eigenvalue weighted by Gasteiger charge is -2.23. The van der Waals surface area contributed by atoms with Gasteiger partial charge in [-0.2, -0.15) is 0 Å². The molecule has 0 unspecified atom stereocenters. The Balaban J connectivity index is 1.57. The molecular formula is C23H27NO2S. The summed E-state index contributed by atoms with van der Waals surface area (Å²) in [5.41, 5.74) is 2.35. The minimum Gasteiger partial charge on any atom is -0.460 e. The molecule has 1 aromatic heterocycles. The van der Waals surface area contributed by atoms with Gasteiger partial charge in [0.25, 0.3) is 0 Å². The first kappa shape index (κ1) is 19.6. The van der Waals surface area contributed by atoms with E-state index in [4.69, 9.17) is 4.74 Å². The Hall–Kier alpha value is -2.17. The number of carbonyl (C=O) groups is 1. The van der Waals surface area contributed by atoms with Crippen molar-refractivity contribution in [1.29, 1.82) is 0 Å². The molecule has 27 heavy (non-hydrogen) atoms. The number of fused-ring (bicyclic) bond motifs is 1. The van der Waals surface area contributed by atoms with Gasteiger partial charge in [-0.3, -0.25) is 4.79 Å². The molecule has 0 fully saturated rings. The van der Waals surface area contributed by atoms with Crippen LogP contribution in [-0.4, -0.2) is 18.6 Å². The zero-order valence-corrected chi connectivity index (χ0v) is 16.8. The maximum Gasteiger partial charge on any atom is 0.323 e. The van der Waals surface area contributed by atoms with E-state index in [-0.39, 0.29) is 17.9 Å². The fraction of sp³-hybridized carbons (Fsp3) is 0.348. The third kappa shape index (κ3) is 5.18. The van der Waals surface area contributed by atoms with Crippen LogP contribution in [0.2, 0.25) is 0 Å². The highest BCUT2D eigenvalue weighted by Gasteiger charge is 2.25. The minimum absolute atomic E-state index is 0.164. The summed E-state index contributed by atoms with van der Waals surface area (Å²) in [6.45, 7) is 5.29. The normalized spacial score (nSPS) is 13.4. The zero-order chi connectivity index (χ0) is 19.1. The van der Waals surface area contributed by atoms with Gasteiger partial charge in [0, 0.05) is 11.2 Å². The van der Waals surface area contributed by atoms with Gasteiger partial charge in [-0.05, 0) is 40.3 Å². The van der Waals surface area contributed by atoms with Crippen molar-refractivity contribution in [2.45, 2.75) is 39.3 Å². The molecule has 0 aliphatic carbocycles. The molecule has 2 aromatic carbocycles. The SMILES string of the molecule is CC[C@H](C)[C@H](NCCc1csc2ccccc12)C(=O)OCc1ccccc1. The molecule has 0 amide bonds. The van der Waals surface area contributed by atoms with Gasteiger partial charge in [-0.15, -0.1) is 11.3 Å². The number of carbonyl (C=O) groups excluding carboxylic acids is 1. The van der Waals surface area contributed by atoms with Gasteiger partial charge in [-0.25, -0.2) is 0 Å². The van der Waals surface area contributed by atoms with Gasteiger partial charge in [0.1, 0.15) is 12.6 Å². The Morgan fingerprint density at radius 2 is 1.85 bits per heavy atom. The number of nitrogens with one attached hydrogen (secondary N) is 1. The molecule has 142 valence electrons. The van der Waals surface area contributed by atoms with Crippen LogP contribution in [0.1, 0.15) is 31.4 Å². The van der Waals surface area contributed by atoms with Crippen molar-refractivity contribution >= 4 is 27.4 Å². The maximum absolute atomic E-state index is 12.6. The molecule has 0 spiro atoms. The van der Waals surface area contributed by atoms with E-state index in [1.807, 2.05) is 30.3 Å². The number of ether oxygens (including phenoxy) is 1. The second-order valence-electron chi connectivity index (χ2n) is 6.92. The van der Waals surface area contributed by atoms with Gasteiger partial charge in [0.05, 0.1) is 0 Å². The predicted octanol–water partition coefficient (Wildman–Crippen LogP) is 5.19. The monoisotopic (exact) mass is 381 g/mol. The summed E-state index contributed by atoms with van der Waals surface area (Å²) in [4.78, 5) is 12.6. The number of thiophene rings is 1. The number of hydrogen-bond donors (Lipinski definition) is 1. The molecule has 0 bridgehead atoms. The Morgan fingerprint density at radius 3 is 2.63 bits per heavy atom. The summed E-state index contributed by atoms with van der Waals surface area (Å²) in [6, 6.07) is 18.0. The van der Waals surface area contributed by atoms with Crippen LogP contribution < -0.4 is 5.32 Å². The van der Waals surface area contributed by atoms with E-state index in [2.05, 4.69) is 48.8 Å². The molecular weight excluding hydrogens is 354 g/mol. The van der Waals surface area contributed by atoms with Crippen LogP contribution in [0.15, 0.2) is 60.0 Å². The van der Waals surface area contributed by atoms with E-state index in [0.717, 1.165) is 24.9 Å². The summed E-state index contributed by atoms with van der Waals surface area (Å²) in [6.07, 6.45) is 1.84. The van der Waals surface area contributed by atoms with Crippen molar-refractivity contribution in [3.63, 3.8) is 0 Å². The summed E-state index contributed by atoms with van der Waals surface area (Å²) >= 11 is 1.78. The van der Waals surface area contributed by atoms with Crippen molar-refractivity contribution in [1.82, 2.24) is 5.32 Å². The molecule has 0 radical (unpaired) electrons. The molecule has 2 atom stereocenters. The van der Waals surface area contributed by atoms with Crippen LogP contribution >= 0.6 is 11.3 Å². The average Bonchev–Trinajstić information content (AvgIpc) is 3.13. The van der Waals surface area contributed by atoms with Gasteiger partial charge < -0.3 is 10.1 Å². The quantitative estimate of drug-likeness (QED) is 0.518. The average molecular weight is 382 g/mol. The third-order valence-corrected chi connectivity index (χ3v) is 6.02. The second-order valence-corrected chi connectivity index (χ2v) is 7.83. The lowest BCUT2D eigenvalue weighted by molar-refractivity contribution is -0.149. The predicted molar refractivity (Wildman–Crippen MR) is 113 cm³/mol. The summed E-state index contributed by atoms with van der Waals surface area (Å²) in [5, 5.41) is 6.98. The van der Waals surface area contributed by atoms with Crippen molar-refractivity contribution in [2.75, 3.05) is 6.54 Å². The van der Waals surface area contributed by atoms with Crippen molar-refractivity contribution < 1.29 is 9.53 Å². The van der Waals surface area contributed by atoms with Crippen LogP contribution in [0.3, 0.4) is 0 Å². The van der Waals surface area contributed by atoms with Gasteiger partial charge >= 0.3 is 5.97 Å². The van der Waals surface area contributed by atoms with Gasteiger partial charge in [-0.1, -0.05) is 68.8 Å². The van der Waals surface area contributed by atoms with Crippen LogP contribution in [-0.2, 0) is 22.6 Å². The van der Waals surface area contributed by atoms with E-state index < -0.39 is 0 Å². The van der Waals surface area contributed by atoms with Crippen LogP contribution in [0.4, 0.5) is 0 Å². The van der Waals surface area contributed by atoms with Crippen molar-refractivity contribution in [3.05, 3.63) is 71.1 Å². The zero-order valence-electron chi connectivity index (χ0n) is 16.0. The Bertz CT molecular complexity index is 859. The molecule has 3 nitrogen and oxygen atoms in total. The molecule has 4 heteroatoms. The Kier molecular flexibility index (Phi) is 7.02. The van der Waals surface area contributed by atoms with E-state index in [9.17, 15) is 4.79 Å². The van der Waals surface area contributed by atoms with Crippen LogP contribution in [0.5, 0.6) is 0 Å². The first-order valence-electron chi connectivity index (χ1n) is 9.58. The van der Waals surface area contributed by atoms with Crippen LogP contribution in [0, 0.1) is 5.92 Å². The lowest BCUT2D eigenvalue weighted by atomic mass is 9.99. The Morgan fingerprint density at radius 1 is 1.11 bits per heavy atom. The fourth-order valence-electron chi connectivity index (χ4n) is 3.16. The summed E-state index contributed by atoms with van der Waals surface area (Å²) in [7, 11) is 0. The van der Waals surface area contributed by atoms with E-state index in [1.165, 1.54) is 15.6 Å². The minimum atomic E-state index is -0.274. The van der Waals surface area contributed by atoms with Gasteiger partial charge in [0.2, 0.25) is 0 Å². The van der Waals surface area contributed by atoms with Gasteiger partial charge in [0.15, 0.2) is 0 Å². The maximum atomic E-state index is 12.6. The highest BCUT2D eigenvalue weighted by molar-refractivity contribution is 7.17. The number of esters is 1. The molecule has 1 heterocycles.